The summed E-state index contributed by atoms with van der Waals surface area (Å²) in [6.07, 6.45) is 4.88. The van der Waals surface area contributed by atoms with Crippen LogP contribution in [0.1, 0.15) is 61.3 Å². The number of rotatable bonds is 3. The second-order valence-corrected chi connectivity index (χ2v) is 7.41. The highest BCUT2D eigenvalue weighted by molar-refractivity contribution is 5.08. The molecule has 18 heavy (non-hydrogen) atoms. The van der Waals surface area contributed by atoms with Gasteiger partial charge in [0.1, 0.15) is 0 Å². The highest BCUT2D eigenvalue weighted by Crippen LogP contribution is 2.30. The van der Waals surface area contributed by atoms with Crippen LogP contribution in [0.2, 0.25) is 0 Å². The fraction of sp³-hybridized carbons (Fsp3) is 0.875. The molecular formula is C16H30O2. The van der Waals surface area contributed by atoms with Crippen molar-refractivity contribution in [2.75, 3.05) is 6.61 Å². The minimum Gasteiger partial charge on any atom is -0.375 e. The molecule has 0 radical (unpaired) electrons. The molecule has 0 aromatic heterocycles. The largest absolute Gasteiger partial charge is 0.375 e. The van der Waals surface area contributed by atoms with Gasteiger partial charge in [0.05, 0.1) is 23.9 Å². The second kappa shape index (κ2) is 5.75. The summed E-state index contributed by atoms with van der Waals surface area (Å²) in [7, 11) is 0. The predicted molar refractivity (Wildman–Crippen MR) is 76.8 cm³/mol. The Morgan fingerprint density at radius 3 is 2.22 bits per heavy atom. The predicted octanol–water partition coefficient (Wildman–Crippen LogP) is 4.34. The van der Waals surface area contributed by atoms with Gasteiger partial charge in [-0.2, -0.15) is 0 Å². The van der Waals surface area contributed by atoms with Crippen molar-refractivity contribution in [1.82, 2.24) is 0 Å². The zero-order chi connectivity index (χ0) is 14.0. The normalized spacial score (nSPS) is 26.1. The van der Waals surface area contributed by atoms with Crippen molar-refractivity contribution < 1.29 is 9.47 Å². The van der Waals surface area contributed by atoms with E-state index >= 15 is 0 Å². The van der Waals surface area contributed by atoms with Gasteiger partial charge < -0.3 is 9.47 Å². The van der Waals surface area contributed by atoms with Gasteiger partial charge in [-0.15, -0.1) is 0 Å². The highest BCUT2D eigenvalue weighted by atomic mass is 16.5. The lowest BCUT2D eigenvalue weighted by Gasteiger charge is -2.36. The summed E-state index contributed by atoms with van der Waals surface area (Å²) in [5.41, 5.74) is 1.31. The standard InChI is InChI=1S/C16H30O2/c1-12-8-9-14(18-16(5,6)7)13(10-12)11-17-15(2,3)4/h10,13-14H,8-9,11H2,1-7H3/t13-,14-/m1/s1. The molecule has 0 unspecified atom stereocenters. The number of allylic oxidation sites excluding steroid dienone is 1. The van der Waals surface area contributed by atoms with Crippen LogP contribution in [0.3, 0.4) is 0 Å². The zero-order valence-electron chi connectivity index (χ0n) is 13.2. The lowest BCUT2D eigenvalue weighted by molar-refractivity contribution is -0.108. The van der Waals surface area contributed by atoms with E-state index in [1.807, 2.05) is 0 Å². The molecule has 0 spiro atoms. The maximum absolute atomic E-state index is 6.18. The van der Waals surface area contributed by atoms with Crippen LogP contribution < -0.4 is 0 Å². The molecule has 1 aliphatic rings. The Hall–Kier alpha value is -0.340. The number of hydrogen-bond donors (Lipinski definition) is 0. The van der Waals surface area contributed by atoms with Gasteiger partial charge in [-0.1, -0.05) is 11.6 Å². The maximum atomic E-state index is 6.18. The molecule has 2 atom stereocenters. The van der Waals surface area contributed by atoms with E-state index < -0.39 is 0 Å². The minimum absolute atomic E-state index is 0.0779. The SMILES string of the molecule is CC1=C[C@H](COC(C)(C)C)[C@H](OC(C)(C)C)CC1. The maximum Gasteiger partial charge on any atom is 0.0670 e. The van der Waals surface area contributed by atoms with Crippen LogP contribution in [0.25, 0.3) is 0 Å². The van der Waals surface area contributed by atoms with E-state index in [1.54, 1.807) is 0 Å². The summed E-state index contributed by atoms with van der Waals surface area (Å²) >= 11 is 0. The van der Waals surface area contributed by atoms with E-state index in [9.17, 15) is 0 Å². The Kier molecular flexibility index (Phi) is 5.02. The van der Waals surface area contributed by atoms with Gasteiger partial charge in [0.2, 0.25) is 0 Å². The topological polar surface area (TPSA) is 18.5 Å². The Morgan fingerprint density at radius 1 is 1.11 bits per heavy atom. The van der Waals surface area contributed by atoms with Gasteiger partial charge in [-0.05, 0) is 61.3 Å². The first kappa shape index (κ1) is 15.7. The van der Waals surface area contributed by atoms with Crippen LogP contribution in [-0.2, 0) is 9.47 Å². The van der Waals surface area contributed by atoms with Crippen LogP contribution in [0.15, 0.2) is 11.6 Å². The van der Waals surface area contributed by atoms with Gasteiger partial charge in [-0.25, -0.2) is 0 Å². The van der Waals surface area contributed by atoms with E-state index in [-0.39, 0.29) is 17.3 Å². The number of hydrogen-bond acceptors (Lipinski definition) is 2. The molecule has 0 saturated carbocycles. The summed E-state index contributed by atoms with van der Waals surface area (Å²) in [5, 5.41) is 0. The van der Waals surface area contributed by atoms with Crippen LogP contribution in [0.4, 0.5) is 0 Å². The van der Waals surface area contributed by atoms with Gasteiger partial charge in [0, 0.05) is 5.92 Å². The average Bonchev–Trinajstić information content (AvgIpc) is 2.15. The van der Waals surface area contributed by atoms with Crippen molar-refractivity contribution in [3.63, 3.8) is 0 Å². The molecule has 0 aromatic rings. The van der Waals surface area contributed by atoms with E-state index in [4.69, 9.17) is 9.47 Å². The van der Waals surface area contributed by atoms with Crippen molar-refractivity contribution in [2.24, 2.45) is 5.92 Å². The molecule has 1 aliphatic carbocycles. The van der Waals surface area contributed by atoms with Gasteiger partial charge in [0.25, 0.3) is 0 Å². The third-order valence-corrected chi connectivity index (χ3v) is 3.01. The first-order chi connectivity index (χ1) is 8.07. The molecule has 0 saturated heterocycles. The van der Waals surface area contributed by atoms with E-state index in [2.05, 4.69) is 54.5 Å². The fourth-order valence-electron chi connectivity index (χ4n) is 2.24. The van der Waals surface area contributed by atoms with Gasteiger partial charge in [-0.3, -0.25) is 0 Å². The van der Waals surface area contributed by atoms with Crippen molar-refractivity contribution in [2.45, 2.75) is 78.6 Å². The highest BCUT2D eigenvalue weighted by Gasteiger charge is 2.29. The van der Waals surface area contributed by atoms with E-state index in [0.29, 0.717) is 5.92 Å². The summed E-state index contributed by atoms with van der Waals surface area (Å²) in [5.74, 6) is 0.386. The molecule has 1 rings (SSSR count). The monoisotopic (exact) mass is 254 g/mol. The Morgan fingerprint density at radius 2 is 1.72 bits per heavy atom. The summed E-state index contributed by atoms with van der Waals surface area (Å²) in [6, 6.07) is 0. The Bertz CT molecular complexity index is 291. The molecule has 0 amide bonds. The first-order valence-electron chi connectivity index (χ1n) is 7.06. The summed E-state index contributed by atoms with van der Waals surface area (Å²) in [4.78, 5) is 0. The Balaban J connectivity index is 2.65. The molecule has 0 aromatic carbocycles. The molecule has 0 fully saturated rings. The summed E-state index contributed by atoms with van der Waals surface area (Å²) < 4.78 is 12.1. The van der Waals surface area contributed by atoms with Crippen LogP contribution >= 0.6 is 0 Å². The lowest BCUT2D eigenvalue weighted by Crippen LogP contribution is -2.37. The quantitative estimate of drug-likeness (QED) is 0.697. The van der Waals surface area contributed by atoms with Crippen LogP contribution in [0.5, 0.6) is 0 Å². The minimum atomic E-state index is -0.0796. The number of ether oxygens (including phenoxy) is 2. The second-order valence-electron chi connectivity index (χ2n) is 7.41. The zero-order valence-corrected chi connectivity index (χ0v) is 13.2. The van der Waals surface area contributed by atoms with Crippen molar-refractivity contribution in [1.29, 1.82) is 0 Å². The first-order valence-corrected chi connectivity index (χ1v) is 7.06. The van der Waals surface area contributed by atoms with Gasteiger partial charge in [0.15, 0.2) is 0 Å². The third kappa shape index (κ3) is 6.01. The molecular weight excluding hydrogens is 224 g/mol. The van der Waals surface area contributed by atoms with E-state index in [1.165, 1.54) is 5.57 Å². The molecule has 106 valence electrons. The van der Waals surface area contributed by atoms with Gasteiger partial charge >= 0.3 is 0 Å². The average molecular weight is 254 g/mol. The molecule has 0 heterocycles. The summed E-state index contributed by atoms with van der Waals surface area (Å²) in [6.45, 7) is 15.6. The van der Waals surface area contributed by atoms with Crippen LogP contribution in [-0.4, -0.2) is 23.9 Å². The smallest absolute Gasteiger partial charge is 0.0670 e. The van der Waals surface area contributed by atoms with Crippen LogP contribution in [0, 0.1) is 5.92 Å². The van der Waals surface area contributed by atoms with Crippen molar-refractivity contribution >= 4 is 0 Å². The van der Waals surface area contributed by atoms with Crippen molar-refractivity contribution in [3.05, 3.63) is 11.6 Å². The molecule has 0 aliphatic heterocycles. The van der Waals surface area contributed by atoms with Crippen molar-refractivity contribution in [3.8, 4) is 0 Å². The third-order valence-electron chi connectivity index (χ3n) is 3.01. The fourth-order valence-corrected chi connectivity index (χ4v) is 2.24. The molecule has 2 heteroatoms. The van der Waals surface area contributed by atoms with E-state index in [0.717, 1.165) is 19.4 Å². The molecule has 2 nitrogen and oxygen atoms in total. The molecule has 0 N–H and O–H groups in total. The lowest BCUT2D eigenvalue weighted by atomic mass is 9.88. The Labute approximate surface area is 113 Å². The molecule has 0 bridgehead atoms.